The molecule has 120 valence electrons. The van der Waals surface area contributed by atoms with Gasteiger partial charge in [0.15, 0.2) is 0 Å². The van der Waals surface area contributed by atoms with Crippen molar-refractivity contribution in [2.45, 2.75) is 26.7 Å². The number of piperazine rings is 1. The van der Waals surface area contributed by atoms with Crippen LogP contribution in [0.4, 0.5) is 4.39 Å². The first kappa shape index (κ1) is 16.5. The molecule has 0 spiro atoms. The molecule has 2 rings (SSSR count). The van der Waals surface area contributed by atoms with Crippen molar-refractivity contribution in [3.05, 3.63) is 35.6 Å². The summed E-state index contributed by atoms with van der Waals surface area (Å²) in [5.41, 5.74) is 0.487. The number of hydrogen-bond acceptors (Lipinski definition) is 2. The summed E-state index contributed by atoms with van der Waals surface area (Å²) < 4.78 is 12.9. The van der Waals surface area contributed by atoms with Gasteiger partial charge in [0.1, 0.15) is 5.82 Å². The van der Waals surface area contributed by atoms with Crippen molar-refractivity contribution in [1.82, 2.24) is 9.80 Å². The fraction of sp³-hybridized carbons (Fsp3) is 0.529. The van der Waals surface area contributed by atoms with Crippen LogP contribution in [0.5, 0.6) is 0 Å². The minimum Gasteiger partial charge on any atom is -0.339 e. The summed E-state index contributed by atoms with van der Waals surface area (Å²) in [6, 6.07) is 5.58. The van der Waals surface area contributed by atoms with Crippen LogP contribution in [0.15, 0.2) is 24.3 Å². The molecule has 5 heteroatoms. The second-order valence-electron chi connectivity index (χ2n) is 5.64. The van der Waals surface area contributed by atoms with Crippen LogP contribution in [0.3, 0.4) is 0 Å². The molecule has 1 heterocycles. The van der Waals surface area contributed by atoms with E-state index in [1.54, 1.807) is 4.90 Å². The zero-order chi connectivity index (χ0) is 16.1. The van der Waals surface area contributed by atoms with Gasteiger partial charge in [-0.1, -0.05) is 13.8 Å². The molecular formula is C17H23FN2O2. The van der Waals surface area contributed by atoms with Crippen LogP contribution in [0.25, 0.3) is 0 Å². The standard InChI is InChI=1S/C17H23FN2O2/c1-3-13(4-2)16(21)19-9-11-20(12-10-19)17(22)14-5-7-15(18)8-6-14/h5-8,13H,3-4,9-12H2,1-2H3. The summed E-state index contributed by atoms with van der Waals surface area (Å²) in [6.45, 7) is 6.26. The minimum atomic E-state index is -0.350. The van der Waals surface area contributed by atoms with E-state index < -0.39 is 0 Å². The van der Waals surface area contributed by atoms with Gasteiger partial charge in [0.25, 0.3) is 5.91 Å². The van der Waals surface area contributed by atoms with Crippen LogP contribution < -0.4 is 0 Å². The van der Waals surface area contributed by atoms with E-state index in [9.17, 15) is 14.0 Å². The number of carbonyl (C=O) groups is 2. The molecule has 1 aromatic carbocycles. The molecule has 1 aromatic rings. The minimum absolute atomic E-state index is 0.0827. The van der Waals surface area contributed by atoms with E-state index in [4.69, 9.17) is 0 Å². The molecule has 1 aliphatic heterocycles. The number of carbonyl (C=O) groups excluding carboxylic acids is 2. The van der Waals surface area contributed by atoms with E-state index >= 15 is 0 Å². The zero-order valence-corrected chi connectivity index (χ0v) is 13.2. The predicted molar refractivity (Wildman–Crippen MR) is 83.0 cm³/mol. The van der Waals surface area contributed by atoms with E-state index in [0.717, 1.165) is 12.8 Å². The normalized spacial score (nSPS) is 15.3. The van der Waals surface area contributed by atoms with E-state index in [1.165, 1.54) is 24.3 Å². The summed E-state index contributed by atoms with van der Waals surface area (Å²) in [4.78, 5) is 28.2. The Kier molecular flexibility index (Phi) is 5.52. The Balaban J connectivity index is 1.93. The zero-order valence-electron chi connectivity index (χ0n) is 13.2. The van der Waals surface area contributed by atoms with Crippen molar-refractivity contribution in [2.24, 2.45) is 5.92 Å². The lowest BCUT2D eigenvalue weighted by Crippen LogP contribution is -2.51. The molecule has 0 bridgehead atoms. The van der Waals surface area contributed by atoms with Crippen LogP contribution in [0.1, 0.15) is 37.0 Å². The summed E-state index contributed by atoms with van der Waals surface area (Å²) in [6.07, 6.45) is 1.70. The van der Waals surface area contributed by atoms with Crippen LogP contribution in [-0.4, -0.2) is 47.8 Å². The second kappa shape index (κ2) is 7.38. The topological polar surface area (TPSA) is 40.6 Å². The van der Waals surface area contributed by atoms with E-state index in [-0.39, 0.29) is 23.5 Å². The van der Waals surface area contributed by atoms with Gasteiger partial charge < -0.3 is 9.80 Å². The average molecular weight is 306 g/mol. The monoisotopic (exact) mass is 306 g/mol. The molecule has 1 saturated heterocycles. The fourth-order valence-corrected chi connectivity index (χ4v) is 2.80. The molecule has 0 aromatic heterocycles. The molecule has 0 radical (unpaired) electrons. The lowest BCUT2D eigenvalue weighted by Gasteiger charge is -2.36. The number of halogens is 1. The molecule has 2 amide bonds. The lowest BCUT2D eigenvalue weighted by atomic mass is 10.0. The van der Waals surface area contributed by atoms with Gasteiger partial charge in [-0.2, -0.15) is 0 Å². The van der Waals surface area contributed by atoms with Crippen molar-refractivity contribution < 1.29 is 14.0 Å². The van der Waals surface area contributed by atoms with Crippen molar-refractivity contribution >= 4 is 11.8 Å². The number of rotatable bonds is 4. The summed E-state index contributed by atoms with van der Waals surface area (Å²) in [5, 5.41) is 0. The van der Waals surface area contributed by atoms with Crippen LogP contribution in [-0.2, 0) is 4.79 Å². The smallest absolute Gasteiger partial charge is 0.253 e. The summed E-state index contributed by atoms with van der Waals surface area (Å²) in [5.74, 6) is -0.176. The Labute approximate surface area is 130 Å². The highest BCUT2D eigenvalue weighted by atomic mass is 19.1. The van der Waals surface area contributed by atoms with Gasteiger partial charge in [0.2, 0.25) is 5.91 Å². The highest BCUT2D eigenvalue weighted by Gasteiger charge is 2.27. The van der Waals surface area contributed by atoms with E-state index in [1.807, 2.05) is 18.7 Å². The Morgan fingerprint density at radius 3 is 2.00 bits per heavy atom. The van der Waals surface area contributed by atoms with Crippen LogP contribution >= 0.6 is 0 Å². The number of hydrogen-bond donors (Lipinski definition) is 0. The van der Waals surface area contributed by atoms with Crippen LogP contribution in [0, 0.1) is 11.7 Å². The van der Waals surface area contributed by atoms with E-state index in [2.05, 4.69) is 0 Å². The van der Waals surface area contributed by atoms with Gasteiger partial charge in [-0.15, -0.1) is 0 Å². The van der Waals surface area contributed by atoms with Gasteiger partial charge in [-0.25, -0.2) is 4.39 Å². The maximum atomic E-state index is 12.9. The van der Waals surface area contributed by atoms with Crippen LogP contribution in [0.2, 0.25) is 0 Å². The fourth-order valence-electron chi connectivity index (χ4n) is 2.80. The quantitative estimate of drug-likeness (QED) is 0.858. The lowest BCUT2D eigenvalue weighted by molar-refractivity contribution is -0.137. The van der Waals surface area contributed by atoms with Crippen molar-refractivity contribution in [1.29, 1.82) is 0 Å². The molecule has 0 atom stereocenters. The first-order chi connectivity index (χ1) is 10.6. The molecule has 4 nitrogen and oxygen atoms in total. The maximum absolute atomic E-state index is 12.9. The molecule has 0 aliphatic carbocycles. The van der Waals surface area contributed by atoms with E-state index in [0.29, 0.717) is 31.7 Å². The third-order valence-electron chi connectivity index (χ3n) is 4.30. The summed E-state index contributed by atoms with van der Waals surface area (Å²) in [7, 11) is 0. The first-order valence-electron chi connectivity index (χ1n) is 7.90. The van der Waals surface area contributed by atoms with Gasteiger partial charge in [-0.05, 0) is 37.1 Å². The predicted octanol–water partition coefficient (Wildman–Crippen LogP) is 2.55. The Bertz CT molecular complexity index is 518. The van der Waals surface area contributed by atoms with Crippen molar-refractivity contribution in [2.75, 3.05) is 26.2 Å². The molecule has 0 N–H and O–H groups in total. The molecule has 0 saturated carbocycles. The Hall–Kier alpha value is -1.91. The van der Waals surface area contributed by atoms with Gasteiger partial charge in [0, 0.05) is 37.7 Å². The largest absolute Gasteiger partial charge is 0.339 e. The van der Waals surface area contributed by atoms with Gasteiger partial charge in [0.05, 0.1) is 0 Å². The maximum Gasteiger partial charge on any atom is 0.253 e. The molecular weight excluding hydrogens is 283 g/mol. The number of amides is 2. The number of benzene rings is 1. The van der Waals surface area contributed by atoms with Crippen molar-refractivity contribution in [3.8, 4) is 0 Å². The molecule has 22 heavy (non-hydrogen) atoms. The molecule has 1 aliphatic rings. The first-order valence-corrected chi connectivity index (χ1v) is 7.90. The highest BCUT2D eigenvalue weighted by Crippen LogP contribution is 2.15. The third-order valence-corrected chi connectivity index (χ3v) is 4.30. The Morgan fingerprint density at radius 2 is 1.50 bits per heavy atom. The molecule has 1 fully saturated rings. The third kappa shape index (κ3) is 3.64. The highest BCUT2D eigenvalue weighted by molar-refractivity contribution is 5.94. The second-order valence-corrected chi connectivity index (χ2v) is 5.64. The van der Waals surface area contributed by atoms with Crippen molar-refractivity contribution in [3.63, 3.8) is 0 Å². The Morgan fingerprint density at radius 1 is 1.00 bits per heavy atom. The molecule has 0 unspecified atom stereocenters. The van der Waals surface area contributed by atoms with Gasteiger partial charge in [-0.3, -0.25) is 9.59 Å². The summed E-state index contributed by atoms with van der Waals surface area (Å²) >= 11 is 0. The SMILES string of the molecule is CCC(CC)C(=O)N1CCN(C(=O)c2ccc(F)cc2)CC1. The number of nitrogens with zero attached hydrogens (tertiary/aromatic N) is 2. The average Bonchev–Trinajstić information content (AvgIpc) is 2.56. The van der Waals surface area contributed by atoms with Gasteiger partial charge >= 0.3 is 0 Å².